The van der Waals surface area contributed by atoms with Crippen LogP contribution in [0.5, 0.6) is 0 Å². The van der Waals surface area contributed by atoms with Gasteiger partial charge in [-0.05, 0) is 33.7 Å². The molecule has 15 heavy (non-hydrogen) atoms. The zero-order valence-electron chi connectivity index (χ0n) is 9.84. The van der Waals surface area contributed by atoms with Gasteiger partial charge in [0.2, 0.25) is 10.0 Å². The Balaban J connectivity index is 3.27. The number of hydrogen-bond donors (Lipinski definition) is 3. The third kappa shape index (κ3) is 13.8. The zero-order valence-corrected chi connectivity index (χ0v) is 10.7. The minimum Gasteiger partial charge on any atom is -0.315 e. The van der Waals surface area contributed by atoms with E-state index in [-0.39, 0.29) is 11.3 Å². The molecule has 0 unspecified atom stereocenters. The summed E-state index contributed by atoms with van der Waals surface area (Å²) >= 11 is 0. The van der Waals surface area contributed by atoms with Crippen molar-refractivity contribution in [3.8, 4) is 0 Å². The van der Waals surface area contributed by atoms with Crippen LogP contribution < -0.4 is 15.8 Å². The standard InChI is InChI=1S/C9H23N3O2S/c1-9(2,3)12-7-6-11-5-4-8-15(10,13)14/h11-12H,4-8H2,1-3H3,(H2,10,13,14). The van der Waals surface area contributed by atoms with Crippen LogP contribution in [0.4, 0.5) is 0 Å². The first kappa shape index (κ1) is 14.8. The molecular formula is C9H23N3O2S. The van der Waals surface area contributed by atoms with Crippen LogP contribution in [0.25, 0.3) is 0 Å². The molecule has 0 aromatic rings. The van der Waals surface area contributed by atoms with E-state index in [1.807, 2.05) is 0 Å². The normalized spacial score (nSPS) is 13.1. The molecule has 0 saturated heterocycles. The van der Waals surface area contributed by atoms with Gasteiger partial charge in [0.1, 0.15) is 0 Å². The summed E-state index contributed by atoms with van der Waals surface area (Å²) < 4.78 is 21.2. The molecule has 0 aliphatic carbocycles. The minimum absolute atomic E-state index is 0.0483. The van der Waals surface area contributed by atoms with Gasteiger partial charge in [-0.1, -0.05) is 0 Å². The van der Waals surface area contributed by atoms with Gasteiger partial charge in [0, 0.05) is 18.6 Å². The first-order valence-corrected chi connectivity index (χ1v) is 6.88. The van der Waals surface area contributed by atoms with Crippen LogP contribution in [0.1, 0.15) is 27.2 Å². The summed E-state index contributed by atoms with van der Waals surface area (Å²) in [4.78, 5) is 0. The van der Waals surface area contributed by atoms with E-state index in [1.54, 1.807) is 0 Å². The quantitative estimate of drug-likeness (QED) is 0.528. The summed E-state index contributed by atoms with van der Waals surface area (Å²) in [6, 6.07) is 0. The number of rotatable bonds is 7. The van der Waals surface area contributed by atoms with Crippen molar-refractivity contribution in [2.24, 2.45) is 5.14 Å². The lowest BCUT2D eigenvalue weighted by Crippen LogP contribution is -2.40. The van der Waals surface area contributed by atoms with Crippen LogP contribution in [0.3, 0.4) is 0 Å². The second kappa shape index (κ2) is 6.42. The lowest BCUT2D eigenvalue weighted by Gasteiger charge is -2.20. The molecule has 0 atom stereocenters. The predicted octanol–water partition coefficient (Wildman–Crippen LogP) is -0.357. The van der Waals surface area contributed by atoms with Gasteiger partial charge in [0.15, 0.2) is 0 Å². The second-order valence-electron chi connectivity index (χ2n) is 4.65. The van der Waals surface area contributed by atoms with Gasteiger partial charge in [-0.3, -0.25) is 0 Å². The molecular weight excluding hydrogens is 214 g/mol. The maximum absolute atomic E-state index is 10.6. The number of primary sulfonamides is 1. The zero-order chi connectivity index (χ0) is 11.9. The highest BCUT2D eigenvalue weighted by Crippen LogP contribution is 1.96. The third-order valence-corrected chi connectivity index (χ3v) is 2.60. The average Bonchev–Trinajstić information content (AvgIpc) is 1.98. The van der Waals surface area contributed by atoms with Crippen molar-refractivity contribution < 1.29 is 8.42 Å². The number of sulfonamides is 1. The molecule has 92 valence electrons. The van der Waals surface area contributed by atoms with Crippen molar-refractivity contribution in [3.63, 3.8) is 0 Å². The highest BCUT2D eigenvalue weighted by molar-refractivity contribution is 7.89. The van der Waals surface area contributed by atoms with Crippen LogP contribution in [-0.4, -0.2) is 39.3 Å². The third-order valence-electron chi connectivity index (χ3n) is 1.74. The fraction of sp³-hybridized carbons (Fsp3) is 1.00. The van der Waals surface area contributed by atoms with E-state index in [0.717, 1.165) is 13.1 Å². The van der Waals surface area contributed by atoms with Crippen molar-refractivity contribution in [3.05, 3.63) is 0 Å². The van der Waals surface area contributed by atoms with E-state index < -0.39 is 10.0 Å². The topological polar surface area (TPSA) is 84.2 Å². The lowest BCUT2D eigenvalue weighted by molar-refractivity contribution is 0.422. The fourth-order valence-electron chi connectivity index (χ4n) is 1.05. The number of nitrogens with one attached hydrogen (secondary N) is 2. The Morgan fingerprint density at radius 3 is 2.20 bits per heavy atom. The van der Waals surface area contributed by atoms with Gasteiger partial charge in [-0.15, -0.1) is 0 Å². The predicted molar refractivity (Wildman–Crippen MR) is 63.2 cm³/mol. The molecule has 0 heterocycles. The van der Waals surface area contributed by atoms with Gasteiger partial charge in [-0.2, -0.15) is 0 Å². The molecule has 0 rings (SSSR count). The summed E-state index contributed by atoms with van der Waals surface area (Å²) in [5.74, 6) is 0.0483. The van der Waals surface area contributed by atoms with Crippen molar-refractivity contribution in [2.45, 2.75) is 32.7 Å². The van der Waals surface area contributed by atoms with Crippen LogP contribution in [0.2, 0.25) is 0 Å². The van der Waals surface area contributed by atoms with Crippen molar-refractivity contribution in [1.29, 1.82) is 0 Å². The molecule has 0 spiro atoms. The first-order valence-electron chi connectivity index (χ1n) is 5.17. The molecule has 0 aromatic carbocycles. The van der Waals surface area contributed by atoms with E-state index in [9.17, 15) is 8.42 Å². The molecule has 0 aromatic heterocycles. The van der Waals surface area contributed by atoms with Crippen LogP contribution in [-0.2, 0) is 10.0 Å². The Hall–Kier alpha value is -0.170. The summed E-state index contributed by atoms with van der Waals surface area (Å²) in [6.45, 7) is 8.71. The number of hydrogen-bond acceptors (Lipinski definition) is 4. The van der Waals surface area contributed by atoms with Crippen LogP contribution in [0, 0.1) is 0 Å². The average molecular weight is 237 g/mol. The highest BCUT2D eigenvalue weighted by atomic mass is 32.2. The van der Waals surface area contributed by atoms with Gasteiger partial charge in [0.25, 0.3) is 0 Å². The van der Waals surface area contributed by atoms with Crippen LogP contribution >= 0.6 is 0 Å². The summed E-state index contributed by atoms with van der Waals surface area (Å²) in [7, 11) is -3.30. The Labute approximate surface area is 92.9 Å². The molecule has 0 amide bonds. The summed E-state index contributed by atoms with van der Waals surface area (Å²) in [5, 5.41) is 11.3. The van der Waals surface area contributed by atoms with Crippen molar-refractivity contribution in [1.82, 2.24) is 10.6 Å². The van der Waals surface area contributed by atoms with Crippen LogP contribution in [0.15, 0.2) is 0 Å². The Morgan fingerprint density at radius 1 is 1.13 bits per heavy atom. The number of nitrogens with two attached hydrogens (primary N) is 1. The molecule has 0 aliphatic heterocycles. The SMILES string of the molecule is CC(C)(C)NCCNCCCS(N)(=O)=O. The molecule has 0 aliphatic rings. The molecule has 6 heteroatoms. The summed E-state index contributed by atoms with van der Waals surface area (Å²) in [5.41, 5.74) is 0.127. The maximum atomic E-state index is 10.6. The van der Waals surface area contributed by atoms with E-state index in [1.165, 1.54) is 0 Å². The van der Waals surface area contributed by atoms with Crippen molar-refractivity contribution >= 4 is 10.0 Å². The summed E-state index contributed by atoms with van der Waals surface area (Å²) in [6.07, 6.45) is 0.564. The smallest absolute Gasteiger partial charge is 0.209 e. The van der Waals surface area contributed by atoms with Gasteiger partial charge < -0.3 is 10.6 Å². The Kier molecular flexibility index (Phi) is 6.35. The first-order chi connectivity index (χ1) is 6.71. The lowest BCUT2D eigenvalue weighted by atomic mass is 10.1. The van der Waals surface area contributed by atoms with E-state index in [4.69, 9.17) is 5.14 Å². The van der Waals surface area contributed by atoms with E-state index >= 15 is 0 Å². The van der Waals surface area contributed by atoms with Gasteiger partial charge >= 0.3 is 0 Å². The second-order valence-corrected chi connectivity index (χ2v) is 6.38. The van der Waals surface area contributed by atoms with Gasteiger partial charge in [-0.25, -0.2) is 13.6 Å². The van der Waals surface area contributed by atoms with E-state index in [2.05, 4.69) is 31.4 Å². The molecule has 0 bridgehead atoms. The van der Waals surface area contributed by atoms with Gasteiger partial charge in [0.05, 0.1) is 5.75 Å². The largest absolute Gasteiger partial charge is 0.315 e. The monoisotopic (exact) mass is 237 g/mol. The maximum Gasteiger partial charge on any atom is 0.209 e. The fourth-order valence-corrected chi connectivity index (χ4v) is 1.60. The Bertz CT molecular complexity index is 257. The highest BCUT2D eigenvalue weighted by Gasteiger charge is 2.06. The van der Waals surface area contributed by atoms with E-state index in [0.29, 0.717) is 13.0 Å². The molecule has 4 N–H and O–H groups in total. The molecule has 0 saturated carbocycles. The minimum atomic E-state index is -3.30. The van der Waals surface area contributed by atoms with Crippen molar-refractivity contribution in [2.75, 3.05) is 25.4 Å². The molecule has 5 nitrogen and oxygen atoms in total. The molecule has 0 fully saturated rings. The Morgan fingerprint density at radius 2 is 1.73 bits per heavy atom. The molecule has 0 radical (unpaired) electrons.